The molecule has 86 valence electrons. The van der Waals surface area contributed by atoms with Crippen molar-refractivity contribution in [2.45, 2.75) is 0 Å². The van der Waals surface area contributed by atoms with Crippen LogP contribution in [-0.4, -0.2) is 35.5 Å². The molecule has 0 aliphatic heterocycles. The molecule has 1 aromatic carbocycles. The highest BCUT2D eigenvalue weighted by atomic mass is 79.9. The fourth-order valence-corrected chi connectivity index (χ4v) is 1.50. The molecule has 16 heavy (non-hydrogen) atoms. The molecule has 1 amide bonds. The van der Waals surface area contributed by atoms with Gasteiger partial charge >= 0.3 is 5.97 Å². The SMILES string of the molecule is CN(CC(=O)O)C(=O)c1ccc(F)c(Br)c1. The molecule has 0 saturated carbocycles. The summed E-state index contributed by atoms with van der Waals surface area (Å²) in [7, 11) is 1.37. The van der Waals surface area contributed by atoms with Crippen LogP contribution in [0.3, 0.4) is 0 Å². The van der Waals surface area contributed by atoms with E-state index < -0.39 is 24.2 Å². The van der Waals surface area contributed by atoms with E-state index in [9.17, 15) is 14.0 Å². The average Bonchev–Trinajstić information content (AvgIpc) is 2.20. The summed E-state index contributed by atoms with van der Waals surface area (Å²) in [5.74, 6) is -2.04. The highest BCUT2D eigenvalue weighted by Crippen LogP contribution is 2.17. The number of rotatable bonds is 3. The Kier molecular flexibility index (Phi) is 4.00. The predicted octanol–water partition coefficient (Wildman–Crippen LogP) is 1.74. The van der Waals surface area contributed by atoms with Gasteiger partial charge in [-0.25, -0.2) is 4.39 Å². The maximum Gasteiger partial charge on any atom is 0.323 e. The fourth-order valence-electron chi connectivity index (χ4n) is 1.12. The molecule has 4 nitrogen and oxygen atoms in total. The zero-order valence-electron chi connectivity index (χ0n) is 8.41. The van der Waals surface area contributed by atoms with Crippen molar-refractivity contribution in [3.63, 3.8) is 0 Å². The number of nitrogens with zero attached hydrogens (tertiary/aromatic N) is 1. The molecule has 0 saturated heterocycles. The summed E-state index contributed by atoms with van der Waals surface area (Å²) in [5, 5.41) is 8.52. The molecule has 0 aromatic heterocycles. The summed E-state index contributed by atoms with van der Waals surface area (Å²) in [4.78, 5) is 23.1. The van der Waals surface area contributed by atoms with E-state index in [1.54, 1.807) is 0 Å². The summed E-state index contributed by atoms with van der Waals surface area (Å²) in [5.41, 5.74) is 0.233. The molecular weight excluding hydrogens is 281 g/mol. The molecule has 0 aliphatic carbocycles. The third kappa shape index (κ3) is 3.03. The third-order valence-corrected chi connectivity index (χ3v) is 2.49. The Morgan fingerprint density at radius 3 is 2.62 bits per heavy atom. The normalized spacial score (nSPS) is 9.94. The van der Waals surface area contributed by atoms with E-state index in [0.29, 0.717) is 0 Å². The van der Waals surface area contributed by atoms with E-state index >= 15 is 0 Å². The number of carbonyl (C=O) groups excluding carboxylic acids is 1. The first kappa shape index (κ1) is 12.6. The van der Waals surface area contributed by atoms with Gasteiger partial charge in [0.15, 0.2) is 0 Å². The summed E-state index contributed by atoms with van der Waals surface area (Å²) in [6.45, 7) is -0.395. The van der Waals surface area contributed by atoms with Crippen molar-refractivity contribution in [1.82, 2.24) is 4.90 Å². The Labute approximate surface area is 99.8 Å². The van der Waals surface area contributed by atoms with Crippen molar-refractivity contribution < 1.29 is 19.1 Å². The first-order valence-corrected chi connectivity index (χ1v) is 5.13. The molecule has 1 aromatic rings. The lowest BCUT2D eigenvalue weighted by Gasteiger charge is -2.14. The Hall–Kier alpha value is -1.43. The van der Waals surface area contributed by atoms with Crippen LogP contribution in [0.25, 0.3) is 0 Å². The van der Waals surface area contributed by atoms with Crippen molar-refractivity contribution in [1.29, 1.82) is 0 Å². The van der Waals surface area contributed by atoms with Gasteiger partial charge in [0, 0.05) is 12.6 Å². The minimum absolute atomic E-state index is 0.169. The van der Waals surface area contributed by atoms with Crippen LogP contribution in [0.2, 0.25) is 0 Å². The summed E-state index contributed by atoms with van der Waals surface area (Å²) >= 11 is 2.95. The van der Waals surface area contributed by atoms with Gasteiger partial charge in [-0.3, -0.25) is 9.59 Å². The molecule has 0 aliphatic rings. The predicted molar refractivity (Wildman–Crippen MR) is 58.7 cm³/mol. The van der Waals surface area contributed by atoms with Gasteiger partial charge in [-0.2, -0.15) is 0 Å². The number of hydrogen-bond donors (Lipinski definition) is 1. The van der Waals surface area contributed by atoms with Crippen LogP contribution >= 0.6 is 15.9 Å². The summed E-state index contributed by atoms with van der Waals surface area (Å²) < 4.78 is 13.1. The van der Waals surface area contributed by atoms with Crippen molar-refractivity contribution in [3.8, 4) is 0 Å². The zero-order chi connectivity index (χ0) is 12.3. The number of carboxylic acids is 1. The summed E-state index contributed by atoms with van der Waals surface area (Å²) in [6, 6.07) is 3.77. The Morgan fingerprint density at radius 1 is 1.50 bits per heavy atom. The molecule has 0 unspecified atom stereocenters. The Morgan fingerprint density at radius 2 is 2.12 bits per heavy atom. The number of aliphatic carboxylic acids is 1. The maximum atomic E-state index is 12.9. The fraction of sp³-hybridized carbons (Fsp3) is 0.200. The molecule has 0 fully saturated rings. The number of likely N-dealkylation sites (N-methyl/N-ethyl adjacent to an activating group) is 1. The van der Waals surface area contributed by atoms with E-state index in [-0.39, 0.29) is 10.0 Å². The van der Waals surface area contributed by atoms with Crippen LogP contribution in [-0.2, 0) is 4.79 Å². The second-order valence-electron chi connectivity index (χ2n) is 3.18. The van der Waals surface area contributed by atoms with Crippen LogP contribution in [0.15, 0.2) is 22.7 Å². The van der Waals surface area contributed by atoms with Crippen molar-refractivity contribution in [2.24, 2.45) is 0 Å². The number of carbonyl (C=O) groups is 2. The van der Waals surface area contributed by atoms with Crippen LogP contribution < -0.4 is 0 Å². The number of amides is 1. The van der Waals surface area contributed by atoms with E-state index in [4.69, 9.17) is 5.11 Å². The number of hydrogen-bond acceptors (Lipinski definition) is 2. The van der Waals surface area contributed by atoms with E-state index in [0.717, 1.165) is 11.0 Å². The van der Waals surface area contributed by atoms with E-state index in [1.165, 1.54) is 19.2 Å². The van der Waals surface area contributed by atoms with E-state index in [2.05, 4.69) is 15.9 Å². The second-order valence-corrected chi connectivity index (χ2v) is 4.04. The molecule has 0 atom stereocenters. The van der Waals surface area contributed by atoms with Gasteiger partial charge < -0.3 is 10.0 Å². The average molecular weight is 290 g/mol. The van der Waals surface area contributed by atoms with Crippen LogP contribution in [0, 0.1) is 5.82 Å². The molecule has 0 bridgehead atoms. The lowest BCUT2D eigenvalue weighted by molar-refractivity contribution is -0.137. The third-order valence-electron chi connectivity index (χ3n) is 1.89. The van der Waals surface area contributed by atoms with Crippen LogP contribution in [0.1, 0.15) is 10.4 Å². The molecule has 0 heterocycles. The molecule has 1 rings (SSSR count). The number of halogens is 2. The van der Waals surface area contributed by atoms with Gasteiger partial charge in [0.2, 0.25) is 0 Å². The van der Waals surface area contributed by atoms with Gasteiger partial charge in [0.25, 0.3) is 5.91 Å². The Bertz CT molecular complexity index is 436. The summed E-state index contributed by atoms with van der Waals surface area (Å²) in [6.07, 6.45) is 0. The standard InChI is InChI=1S/C10H9BrFNO3/c1-13(5-9(14)15)10(16)6-2-3-8(12)7(11)4-6/h2-4H,5H2,1H3,(H,14,15). The Balaban J connectivity index is 2.88. The van der Waals surface area contributed by atoms with Gasteiger partial charge in [0.1, 0.15) is 12.4 Å². The molecule has 0 spiro atoms. The largest absolute Gasteiger partial charge is 0.480 e. The molecule has 0 radical (unpaired) electrons. The van der Waals surface area contributed by atoms with Gasteiger partial charge in [-0.15, -0.1) is 0 Å². The topological polar surface area (TPSA) is 57.6 Å². The van der Waals surface area contributed by atoms with Crippen molar-refractivity contribution >= 4 is 27.8 Å². The van der Waals surface area contributed by atoms with Crippen LogP contribution in [0.5, 0.6) is 0 Å². The monoisotopic (exact) mass is 289 g/mol. The van der Waals surface area contributed by atoms with Gasteiger partial charge in [0.05, 0.1) is 4.47 Å². The zero-order valence-corrected chi connectivity index (χ0v) is 9.99. The second kappa shape index (κ2) is 5.07. The van der Waals surface area contributed by atoms with Crippen molar-refractivity contribution in [3.05, 3.63) is 34.1 Å². The lowest BCUT2D eigenvalue weighted by atomic mass is 10.2. The van der Waals surface area contributed by atoms with Gasteiger partial charge in [-0.05, 0) is 34.1 Å². The van der Waals surface area contributed by atoms with Gasteiger partial charge in [-0.1, -0.05) is 0 Å². The minimum Gasteiger partial charge on any atom is -0.480 e. The lowest BCUT2D eigenvalue weighted by Crippen LogP contribution is -2.31. The number of carboxylic acid groups (broad SMARTS) is 1. The molecular formula is C10H9BrFNO3. The number of benzene rings is 1. The van der Waals surface area contributed by atoms with Crippen molar-refractivity contribution in [2.75, 3.05) is 13.6 Å². The molecule has 1 N–H and O–H groups in total. The van der Waals surface area contributed by atoms with E-state index in [1.807, 2.05) is 0 Å². The van der Waals surface area contributed by atoms with Crippen LogP contribution in [0.4, 0.5) is 4.39 Å². The molecule has 6 heteroatoms. The first-order chi connectivity index (χ1) is 7.41. The smallest absolute Gasteiger partial charge is 0.323 e. The highest BCUT2D eigenvalue weighted by Gasteiger charge is 2.15. The maximum absolute atomic E-state index is 12.9. The quantitative estimate of drug-likeness (QED) is 0.922. The highest BCUT2D eigenvalue weighted by molar-refractivity contribution is 9.10. The minimum atomic E-state index is -1.10. The first-order valence-electron chi connectivity index (χ1n) is 4.34.